The van der Waals surface area contributed by atoms with E-state index in [1.807, 2.05) is 51.2 Å². The molecule has 0 bridgehead atoms. The van der Waals surface area contributed by atoms with Crippen molar-refractivity contribution in [3.8, 4) is 0 Å². The zero-order valence-corrected chi connectivity index (χ0v) is 26.5. The van der Waals surface area contributed by atoms with Crippen LogP contribution in [0.1, 0.15) is 61.9 Å². The highest BCUT2D eigenvalue weighted by Crippen LogP contribution is 2.36. The minimum Gasteiger partial charge on any atom is -0.359 e. The van der Waals surface area contributed by atoms with E-state index >= 15 is 0 Å². The predicted molar refractivity (Wildman–Crippen MR) is 186 cm³/mol. The monoisotopic (exact) mass is 562 g/mol. The standard InChI is InChI=1S/C26H34N4.C12H16/c1-18(2)27-25-16-23(11-9-19(25)3)28-20(4)21-10-12-24-22(15-21)7-6-8-26(24)30-14-13-29(5)17-30;1-5-8-10-12(7-3)11(4)9-6-2/h9-12,15-16,26-28H,1,4,6-8,13-14,17H2,2-3,5H3;5-10H,2-3H2,1,4H3/b;8-5-,11-9+,12-10+. The average molecular weight is 563 g/mol. The normalized spacial score (nSPS) is 17.7. The number of allylic oxidation sites excluding steroid dienone is 9. The number of benzene rings is 2. The summed E-state index contributed by atoms with van der Waals surface area (Å²) < 4.78 is 0. The summed E-state index contributed by atoms with van der Waals surface area (Å²) in [6.45, 7) is 27.2. The van der Waals surface area contributed by atoms with Crippen LogP contribution in [0.25, 0.3) is 5.70 Å². The second-order valence-electron chi connectivity index (χ2n) is 11.3. The number of anilines is 2. The largest absolute Gasteiger partial charge is 0.359 e. The molecule has 1 heterocycles. The summed E-state index contributed by atoms with van der Waals surface area (Å²) in [6, 6.07) is 13.8. The molecule has 2 N–H and O–H groups in total. The van der Waals surface area contributed by atoms with E-state index in [9.17, 15) is 0 Å². The van der Waals surface area contributed by atoms with Gasteiger partial charge in [0, 0.05) is 41.9 Å². The van der Waals surface area contributed by atoms with Crippen molar-refractivity contribution in [2.75, 3.05) is 37.4 Å². The van der Waals surface area contributed by atoms with Gasteiger partial charge in [0.25, 0.3) is 0 Å². The first-order valence-electron chi connectivity index (χ1n) is 15.0. The van der Waals surface area contributed by atoms with Crippen LogP contribution in [0.5, 0.6) is 0 Å². The predicted octanol–water partition coefficient (Wildman–Crippen LogP) is 9.41. The molecule has 0 aromatic heterocycles. The van der Waals surface area contributed by atoms with Gasteiger partial charge in [0.1, 0.15) is 0 Å². The lowest BCUT2D eigenvalue weighted by atomic mass is 9.85. The molecule has 0 amide bonds. The maximum atomic E-state index is 4.32. The fourth-order valence-corrected chi connectivity index (χ4v) is 5.50. The molecular weight excluding hydrogens is 512 g/mol. The van der Waals surface area contributed by atoms with Crippen LogP contribution < -0.4 is 10.6 Å². The number of likely N-dealkylation sites (N-methyl/N-ethyl adjacent to an activating group) is 1. The lowest BCUT2D eigenvalue weighted by Gasteiger charge is -2.33. The highest BCUT2D eigenvalue weighted by Gasteiger charge is 2.29. The minimum absolute atomic E-state index is 0.557. The number of aryl methyl sites for hydroxylation is 2. The second-order valence-corrected chi connectivity index (χ2v) is 11.3. The second kappa shape index (κ2) is 16.0. The number of fused-ring (bicyclic) bond motifs is 1. The lowest BCUT2D eigenvalue weighted by Crippen LogP contribution is -2.30. The third-order valence-electron chi connectivity index (χ3n) is 7.80. The van der Waals surface area contributed by atoms with E-state index in [4.69, 9.17) is 0 Å². The van der Waals surface area contributed by atoms with Crippen LogP contribution in [0, 0.1) is 6.92 Å². The molecule has 4 nitrogen and oxygen atoms in total. The molecule has 0 radical (unpaired) electrons. The Kier molecular flexibility index (Phi) is 12.4. The Balaban J connectivity index is 0.000000343. The number of nitrogens with zero attached hydrogens (tertiary/aromatic N) is 2. The van der Waals surface area contributed by atoms with Crippen LogP contribution in [-0.2, 0) is 6.42 Å². The molecule has 42 heavy (non-hydrogen) atoms. The lowest BCUT2D eigenvalue weighted by molar-refractivity contribution is 0.189. The van der Waals surface area contributed by atoms with Gasteiger partial charge >= 0.3 is 0 Å². The highest BCUT2D eigenvalue weighted by molar-refractivity contribution is 5.78. The van der Waals surface area contributed by atoms with Crippen LogP contribution in [0.4, 0.5) is 11.4 Å². The molecule has 2 aromatic rings. The first-order valence-corrected chi connectivity index (χ1v) is 15.0. The number of hydrogen-bond donors (Lipinski definition) is 2. The Labute approximate surface area is 255 Å². The van der Waals surface area contributed by atoms with Gasteiger partial charge < -0.3 is 10.6 Å². The molecule has 1 aliphatic heterocycles. The molecule has 1 aliphatic carbocycles. The van der Waals surface area contributed by atoms with Crippen molar-refractivity contribution < 1.29 is 0 Å². The van der Waals surface area contributed by atoms with Crippen LogP contribution in [0.15, 0.2) is 116 Å². The molecule has 1 atom stereocenters. The average Bonchev–Trinajstić information content (AvgIpc) is 3.40. The molecule has 1 unspecified atom stereocenters. The number of hydrogen-bond acceptors (Lipinski definition) is 4. The summed E-state index contributed by atoms with van der Waals surface area (Å²) in [4.78, 5) is 5.04. The Hall–Kier alpha value is -3.86. The van der Waals surface area contributed by atoms with Crippen LogP contribution in [0.2, 0.25) is 0 Å². The molecule has 222 valence electrons. The van der Waals surface area contributed by atoms with Gasteiger partial charge in [0.05, 0.1) is 6.67 Å². The van der Waals surface area contributed by atoms with Gasteiger partial charge in [0.2, 0.25) is 0 Å². The van der Waals surface area contributed by atoms with Crippen molar-refractivity contribution in [1.82, 2.24) is 9.80 Å². The molecule has 1 fully saturated rings. The van der Waals surface area contributed by atoms with Crippen molar-refractivity contribution in [3.63, 3.8) is 0 Å². The summed E-state index contributed by atoms with van der Waals surface area (Å²) in [6.07, 6.45) is 15.3. The first-order chi connectivity index (χ1) is 20.2. The fraction of sp³-hybridized carbons (Fsp3) is 0.316. The Morgan fingerprint density at radius 1 is 1.00 bits per heavy atom. The Morgan fingerprint density at radius 2 is 1.79 bits per heavy atom. The van der Waals surface area contributed by atoms with Gasteiger partial charge in [-0.1, -0.05) is 81.0 Å². The summed E-state index contributed by atoms with van der Waals surface area (Å²) in [7, 11) is 2.21. The maximum Gasteiger partial charge on any atom is 0.0510 e. The minimum atomic E-state index is 0.557. The van der Waals surface area contributed by atoms with E-state index in [2.05, 4.69) is 97.1 Å². The topological polar surface area (TPSA) is 30.5 Å². The van der Waals surface area contributed by atoms with E-state index < -0.39 is 0 Å². The van der Waals surface area contributed by atoms with Gasteiger partial charge in [-0.05, 0) is 106 Å². The molecular formula is C38H50N4. The van der Waals surface area contributed by atoms with Crippen molar-refractivity contribution in [3.05, 3.63) is 138 Å². The summed E-state index contributed by atoms with van der Waals surface area (Å²) in [5.41, 5.74) is 11.6. The van der Waals surface area contributed by atoms with E-state index in [0.29, 0.717) is 6.04 Å². The summed E-state index contributed by atoms with van der Waals surface area (Å²) >= 11 is 0. The maximum absolute atomic E-state index is 4.32. The SMILES string of the molecule is C=C(C)Nc1cc(NC(=C)c2ccc3c(c2)CCCC3N2CCN(C)C2)ccc1C.C=C/C=C(C)/C(C=C)=C/C=C\C. The third kappa shape index (κ3) is 9.07. The molecule has 0 saturated carbocycles. The van der Waals surface area contributed by atoms with Gasteiger partial charge in [-0.25, -0.2) is 0 Å². The van der Waals surface area contributed by atoms with Crippen LogP contribution >= 0.6 is 0 Å². The van der Waals surface area contributed by atoms with Crippen molar-refractivity contribution in [2.45, 2.75) is 53.0 Å². The van der Waals surface area contributed by atoms with E-state index in [1.165, 1.54) is 53.8 Å². The van der Waals surface area contributed by atoms with Gasteiger partial charge in [-0.15, -0.1) is 0 Å². The summed E-state index contributed by atoms with van der Waals surface area (Å²) in [5, 5.41) is 6.83. The molecule has 1 saturated heterocycles. The first kappa shape index (κ1) is 32.7. The Bertz CT molecular complexity index is 1370. The van der Waals surface area contributed by atoms with Crippen LogP contribution in [-0.4, -0.2) is 36.6 Å². The highest BCUT2D eigenvalue weighted by atomic mass is 15.4. The van der Waals surface area contributed by atoms with E-state index in [0.717, 1.165) is 41.4 Å². The number of nitrogens with one attached hydrogen (secondary N) is 2. The molecule has 2 aliphatic rings. The zero-order chi connectivity index (χ0) is 30.6. The van der Waals surface area contributed by atoms with E-state index in [-0.39, 0.29) is 0 Å². The smallest absolute Gasteiger partial charge is 0.0510 e. The molecule has 0 spiro atoms. The van der Waals surface area contributed by atoms with E-state index in [1.54, 1.807) is 6.08 Å². The zero-order valence-electron chi connectivity index (χ0n) is 26.5. The quantitative estimate of drug-likeness (QED) is 0.282. The van der Waals surface area contributed by atoms with Crippen molar-refractivity contribution in [2.24, 2.45) is 0 Å². The third-order valence-corrected chi connectivity index (χ3v) is 7.80. The van der Waals surface area contributed by atoms with Gasteiger partial charge in [0.15, 0.2) is 0 Å². The molecule has 2 aromatic carbocycles. The summed E-state index contributed by atoms with van der Waals surface area (Å²) in [5.74, 6) is 0. The van der Waals surface area contributed by atoms with Crippen molar-refractivity contribution in [1.29, 1.82) is 0 Å². The Morgan fingerprint density at radius 3 is 2.43 bits per heavy atom. The number of rotatable bonds is 10. The van der Waals surface area contributed by atoms with Gasteiger partial charge in [-0.2, -0.15) is 0 Å². The van der Waals surface area contributed by atoms with Gasteiger partial charge in [-0.3, -0.25) is 9.80 Å². The molecule has 4 rings (SSSR count). The van der Waals surface area contributed by atoms with Crippen molar-refractivity contribution >= 4 is 17.1 Å². The fourth-order valence-electron chi connectivity index (χ4n) is 5.50. The molecule has 4 heteroatoms. The van der Waals surface area contributed by atoms with Crippen LogP contribution in [0.3, 0.4) is 0 Å².